The first kappa shape index (κ1) is 16.7. The molecule has 2 aromatic rings. The molecule has 1 N–H and O–H groups in total. The van der Waals surface area contributed by atoms with Crippen molar-refractivity contribution in [2.24, 2.45) is 11.8 Å². The lowest BCUT2D eigenvalue weighted by molar-refractivity contribution is -0.140. The van der Waals surface area contributed by atoms with Crippen molar-refractivity contribution in [1.82, 2.24) is 9.88 Å². The number of hydrogen-bond acceptors (Lipinski definition) is 4. The molecule has 1 aliphatic carbocycles. The summed E-state index contributed by atoms with van der Waals surface area (Å²) in [7, 11) is 0. The van der Waals surface area contributed by atoms with Gasteiger partial charge in [-0.15, -0.1) is 0 Å². The normalized spacial score (nSPS) is 22.5. The molecule has 6 nitrogen and oxygen atoms in total. The molecule has 2 heterocycles. The highest BCUT2D eigenvalue weighted by molar-refractivity contribution is 6.06. The number of rotatable bonds is 4. The minimum atomic E-state index is -0.211. The van der Waals surface area contributed by atoms with E-state index in [-0.39, 0.29) is 42.5 Å². The van der Waals surface area contributed by atoms with E-state index in [2.05, 4.69) is 10.3 Å². The van der Waals surface area contributed by atoms with Crippen molar-refractivity contribution in [3.63, 3.8) is 0 Å². The standard InChI is InChI=1S/C20H21N3O3/c24-18(22-17-9-3-8-16-15(17)7-4-11-21-16)10-12-23-19(25)13-5-1-2-6-14(13)20(23)26/h3-4,7-9,11,13-14H,1-2,5-6,10,12H2,(H,22,24)/t13-,14-/m0/s1. The molecular weight excluding hydrogens is 330 g/mol. The van der Waals surface area contributed by atoms with Crippen LogP contribution in [0.15, 0.2) is 36.5 Å². The Morgan fingerprint density at radius 3 is 2.54 bits per heavy atom. The lowest BCUT2D eigenvalue weighted by atomic mass is 9.81. The van der Waals surface area contributed by atoms with Crippen LogP contribution in [-0.2, 0) is 14.4 Å². The van der Waals surface area contributed by atoms with Gasteiger partial charge >= 0.3 is 0 Å². The van der Waals surface area contributed by atoms with E-state index in [9.17, 15) is 14.4 Å². The second kappa shape index (κ2) is 6.86. The molecule has 26 heavy (non-hydrogen) atoms. The number of benzene rings is 1. The minimum absolute atomic E-state index is 0.0955. The van der Waals surface area contributed by atoms with Crippen LogP contribution in [0.25, 0.3) is 10.9 Å². The van der Waals surface area contributed by atoms with Gasteiger partial charge in [0.1, 0.15) is 0 Å². The van der Waals surface area contributed by atoms with Crippen LogP contribution in [0.2, 0.25) is 0 Å². The van der Waals surface area contributed by atoms with E-state index >= 15 is 0 Å². The molecule has 134 valence electrons. The highest BCUT2D eigenvalue weighted by Gasteiger charge is 2.47. The van der Waals surface area contributed by atoms with Crippen molar-refractivity contribution in [2.75, 3.05) is 11.9 Å². The molecule has 1 aromatic heterocycles. The van der Waals surface area contributed by atoms with Gasteiger partial charge < -0.3 is 5.32 Å². The second-order valence-corrected chi connectivity index (χ2v) is 7.00. The minimum Gasteiger partial charge on any atom is -0.325 e. The maximum Gasteiger partial charge on any atom is 0.233 e. The van der Waals surface area contributed by atoms with Crippen LogP contribution in [0.4, 0.5) is 5.69 Å². The van der Waals surface area contributed by atoms with Crippen molar-refractivity contribution in [1.29, 1.82) is 0 Å². The molecule has 2 aliphatic rings. The Morgan fingerprint density at radius 1 is 1.08 bits per heavy atom. The predicted octanol–water partition coefficient (Wildman–Crippen LogP) is 2.74. The molecule has 1 aliphatic heterocycles. The third-order valence-corrected chi connectivity index (χ3v) is 5.41. The molecule has 2 fully saturated rings. The number of fused-ring (bicyclic) bond motifs is 2. The first-order valence-corrected chi connectivity index (χ1v) is 9.14. The molecule has 0 radical (unpaired) electrons. The van der Waals surface area contributed by atoms with E-state index in [1.807, 2.05) is 30.3 Å². The Morgan fingerprint density at radius 2 is 1.81 bits per heavy atom. The van der Waals surface area contributed by atoms with Crippen LogP contribution in [0, 0.1) is 11.8 Å². The Hall–Kier alpha value is -2.76. The fourth-order valence-corrected chi connectivity index (χ4v) is 4.09. The summed E-state index contributed by atoms with van der Waals surface area (Å²) in [6, 6.07) is 9.26. The van der Waals surface area contributed by atoms with E-state index in [0.717, 1.165) is 36.6 Å². The van der Waals surface area contributed by atoms with E-state index in [1.54, 1.807) is 6.20 Å². The Balaban J connectivity index is 1.41. The Kier molecular flexibility index (Phi) is 4.41. The van der Waals surface area contributed by atoms with Gasteiger partial charge in [0.2, 0.25) is 17.7 Å². The zero-order valence-electron chi connectivity index (χ0n) is 14.5. The number of imide groups is 1. The molecule has 0 spiro atoms. The van der Waals surface area contributed by atoms with Crippen molar-refractivity contribution in [2.45, 2.75) is 32.1 Å². The molecular formula is C20H21N3O3. The van der Waals surface area contributed by atoms with Crippen LogP contribution < -0.4 is 5.32 Å². The second-order valence-electron chi connectivity index (χ2n) is 7.00. The van der Waals surface area contributed by atoms with E-state index in [0.29, 0.717) is 5.69 Å². The van der Waals surface area contributed by atoms with E-state index in [1.165, 1.54) is 4.90 Å². The zero-order chi connectivity index (χ0) is 18.1. The summed E-state index contributed by atoms with van der Waals surface area (Å²) in [6.07, 6.45) is 5.40. The number of nitrogens with one attached hydrogen (secondary N) is 1. The molecule has 0 bridgehead atoms. The molecule has 0 unspecified atom stereocenters. The van der Waals surface area contributed by atoms with Crippen molar-refractivity contribution >= 4 is 34.3 Å². The van der Waals surface area contributed by atoms with Gasteiger partial charge in [0, 0.05) is 24.5 Å². The Labute approximate surface area is 151 Å². The average Bonchev–Trinajstić information content (AvgIpc) is 2.91. The fraction of sp³-hybridized carbons (Fsp3) is 0.400. The first-order chi connectivity index (χ1) is 12.6. The zero-order valence-corrected chi connectivity index (χ0v) is 14.5. The largest absolute Gasteiger partial charge is 0.325 e. The topological polar surface area (TPSA) is 79.4 Å². The molecule has 1 saturated heterocycles. The molecule has 6 heteroatoms. The lowest BCUT2D eigenvalue weighted by Crippen LogP contribution is -2.34. The van der Waals surface area contributed by atoms with E-state index in [4.69, 9.17) is 0 Å². The summed E-state index contributed by atoms with van der Waals surface area (Å²) in [6.45, 7) is 0.152. The third kappa shape index (κ3) is 2.96. The van der Waals surface area contributed by atoms with Crippen LogP contribution in [0.5, 0.6) is 0 Å². The van der Waals surface area contributed by atoms with Crippen LogP contribution in [-0.4, -0.2) is 34.2 Å². The predicted molar refractivity (Wildman–Crippen MR) is 97.2 cm³/mol. The number of carbonyl (C=O) groups is 3. The van der Waals surface area contributed by atoms with Gasteiger partial charge in [-0.05, 0) is 37.1 Å². The highest BCUT2D eigenvalue weighted by atomic mass is 16.2. The summed E-state index contributed by atoms with van der Waals surface area (Å²) < 4.78 is 0. The maximum absolute atomic E-state index is 12.5. The lowest BCUT2D eigenvalue weighted by Gasteiger charge is -2.19. The quantitative estimate of drug-likeness (QED) is 0.859. The molecule has 3 amide bonds. The van der Waals surface area contributed by atoms with Crippen LogP contribution >= 0.6 is 0 Å². The fourth-order valence-electron chi connectivity index (χ4n) is 4.09. The maximum atomic E-state index is 12.5. The molecule has 1 saturated carbocycles. The number of hydrogen-bond donors (Lipinski definition) is 1. The van der Waals surface area contributed by atoms with Gasteiger partial charge in [-0.25, -0.2) is 0 Å². The van der Waals surface area contributed by atoms with Gasteiger partial charge in [-0.3, -0.25) is 24.3 Å². The monoisotopic (exact) mass is 351 g/mol. The number of anilines is 1. The smallest absolute Gasteiger partial charge is 0.233 e. The number of pyridine rings is 1. The summed E-state index contributed by atoms with van der Waals surface area (Å²) in [4.78, 5) is 42.8. The van der Waals surface area contributed by atoms with Gasteiger partial charge in [-0.2, -0.15) is 0 Å². The number of likely N-dealkylation sites (tertiary alicyclic amines) is 1. The summed E-state index contributed by atoms with van der Waals surface area (Å²) in [5.41, 5.74) is 1.49. The summed E-state index contributed by atoms with van der Waals surface area (Å²) in [5, 5.41) is 3.74. The van der Waals surface area contributed by atoms with Gasteiger partial charge in [0.25, 0.3) is 0 Å². The SMILES string of the molecule is O=C(CCN1C(=O)[C@H]2CCCC[C@@H]2C1=O)Nc1cccc2ncccc12. The number of nitrogens with zero attached hydrogens (tertiary/aromatic N) is 2. The van der Waals surface area contributed by atoms with Gasteiger partial charge in [-0.1, -0.05) is 18.9 Å². The molecule has 1 aromatic carbocycles. The van der Waals surface area contributed by atoms with Crippen molar-refractivity contribution in [3.8, 4) is 0 Å². The van der Waals surface area contributed by atoms with E-state index < -0.39 is 0 Å². The first-order valence-electron chi connectivity index (χ1n) is 9.14. The van der Waals surface area contributed by atoms with Crippen molar-refractivity contribution < 1.29 is 14.4 Å². The van der Waals surface area contributed by atoms with Crippen LogP contribution in [0.3, 0.4) is 0 Å². The van der Waals surface area contributed by atoms with Gasteiger partial charge in [0.15, 0.2) is 0 Å². The summed E-state index contributed by atoms with van der Waals surface area (Å²) in [5.74, 6) is -0.729. The highest BCUT2D eigenvalue weighted by Crippen LogP contribution is 2.38. The average molecular weight is 351 g/mol. The number of carbonyl (C=O) groups excluding carboxylic acids is 3. The number of aromatic nitrogens is 1. The van der Waals surface area contributed by atoms with Gasteiger partial charge in [0.05, 0.1) is 23.0 Å². The summed E-state index contributed by atoms with van der Waals surface area (Å²) >= 11 is 0. The molecule has 4 rings (SSSR count). The third-order valence-electron chi connectivity index (χ3n) is 5.41. The Bertz CT molecular complexity index is 850. The number of amides is 3. The molecule has 2 atom stereocenters. The van der Waals surface area contributed by atoms with Crippen LogP contribution in [0.1, 0.15) is 32.1 Å². The van der Waals surface area contributed by atoms with Crippen molar-refractivity contribution in [3.05, 3.63) is 36.5 Å².